The van der Waals surface area contributed by atoms with Gasteiger partial charge in [0.1, 0.15) is 6.04 Å². The smallest absolute Gasteiger partial charge is 0.354 e. The van der Waals surface area contributed by atoms with Crippen LogP contribution < -0.4 is 10.6 Å². The van der Waals surface area contributed by atoms with Crippen LogP contribution in [-0.2, 0) is 15.8 Å². The number of urea groups is 1. The van der Waals surface area contributed by atoms with E-state index in [0.29, 0.717) is 17.8 Å². The van der Waals surface area contributed by atoms with Gasteiger partial charge >= 0.3 is 12.2 Å². The Bertz CT molecular complexity index is 1230. The van der Waals surface area contributed by atoms with Crippen LogP contribution in [0.4, 0.5) is 18.0 Å². The summed E-state index contributed by atoms with van der Waals surface area (Å²) in [6.45, 7) is 6.10. The maximum absolute atomic E-state index is 13.9. The van der Waals surface area contributed by atoms with Gasteiger partial charge in [-0.15, -0.1) is 0 Å². The maximum Gasteiger partial charge on any atom is 0.416 e. The number of carbonyl (C=O) groups is 3. The third-order valence-electron chi connectivity index (χ3n) is 6.50. The molecular formula is C27H29F3N4O3. The van der Waals surface area contributed by atoms with Crippen LogP contribution in [0.2, 0.25) is 0 Å². The number of hydrogen-bond acceptors (Lipinski definition) is 3. The molecule has 2 N–H and O–H groups in total. The molecule has 10 heteroatoms. The molecule has 2 aromatic carbocycles. The number of hydrogen-bond donors (Lipinski definition) is 2. The van der Waals surface area contributed by atoms with Crippen molar-refractivity contribution in [3.8, 4) is 0 Å². The molecule has 2 unspecified atom stereocenters. The van der Waals surface area contributed by atoms with Crippen molar-refractivity contribution in [1.82, 2.24) is 20.4 Å². The van der Waals surface area contributed by atoms with Crippen molar-refractivity contribution in [3.63, 3.8) is 0 Å². The minimum Gasteiger partial charge on any atom is -0.354 e. The van der Waals surface area contributed by atoms with Crippen LogP contribution in [0.15, 0.2) is 65.9 Å². The van der Waals surface area contributed by atoms with E-state index in [4.69, 9.17) is 0 Å². The van der Waals surface area contributed by atoms with E-state index in [1.165, 1.54) is 28.0 Å². The molecule has 0 aliphatic carbocycles. The fourth-order valence-electron chi connectivity index (χ4n) is 4.81. The largest absolute Gasteiger partial charge is 0.416 e. The monoisotopic (exact) mass is 514 g/mol. The van der Waals surface area contributed by atoms with E-state index in [1.54, 1.807) is 37.3 Å². The Hall–Kier alpha value is -3.82. The Morgan fingerprint density at radius 2 is 1.73 bits per heavy atom. The first kappa shape index (κ1) is 26.2. The second kappa shape index (κ2) is 10.3. The van der Waals surface area contributed by atoms with Crippen LogP contribution in [0.5, 0.6) is 0 Å². The van der Waals surface area contributed by atoms with Crippen LogP contribution in [0.25, 0.3) is 0 Å². The highest BCUT2D eigenvalue weighted by Gasteiger charge is 2.48. The number of amides is 4. The fraction of sp³-hybridized carbons (Fsp3) is 0.370. The highest BCUT2D eigenvalue weighted by molar-refractivity contribution is 6.04. The SMILES string of the molecule is CCN1C(=O)NC(c2ccccc2C(F)(F)F)C2=C1CN(C(C(=O)NCC(C)C)c1ccccc1)C2=O. The molecule has 0 saturated heterocycles. The van der Waals surface area contributed by atoms with Gasteiger partial charge in [0.25, 0.3) is 5.91 Å². The zero-order chi connectivity index (χ0) is 26.9. The number of alkyl halides is 3. The molecule has 4 amide bonds. The summed E-state index contributed by atoms with van der Waals surface area (Å²) in [4.78, 5) is 43.0. The molecule has 0 aromatic heterocycles. The summed E-state index contributed by atoms with van der Waals surface area (Å²) in [5.74, 6) is -0.826. The van der Waals surface area contributed by atoms with Gasteiger partial charge in [-0.05, 0) is 30.0 Å². The summed E-state index contributed by atoms with van der Waals surface area (Å²) in [7, 11) is 0. The van der Waals surface area contributed by atoms with E-state index in [2.05, 4.69) is 10.6 Å². The van der Waals surface area contributed by atoms with E-state index in [1.807, 2.05) is 13.8 Å². The fourth-order valence-corrected chi connectivity index (χ4v) is 4.81. The number of carbonyl (C=O) groups excluding carboxylic acids is 3. The molecule has 37 heavy (non-hydrogen) atoms. The van der Waals surface area contributed by atoms with Crippen LogP contribution in [0.1, 0.15) is 49.5 Å². The van der Waals surface area contributed by atoms with Gasteiger partial charge in [0, 0.05) is 13.1 Å². The first-order valence-corrected chi connectivity index (χ1v) is 12.1. The van der Waals surface area contributed by atoms with Crippen molar-refractivity contribution in [2.45, 2.75) is 39.0 Å². The van der Waals surface area contributed by atoms with E-state index in [0.717, 1.165) is 6.07 Å². The molecule has 0 spiro atoms. The average Bonchev–Trinajstić information content (AvgIpc) is 3.19. The molecule has 2 atom stereocenters. The first-order chi connectivity index (χ1) is 17.5. The Morgan fingerprint density at radius 3 is 2.35 bits per heavy atom. The second-order valence-corrected chi connectivity index (χ2v) is 9.46. The molecule has 0 fully saturated rings. The van der Waals surface area contributed by atoms with E-state index < -0.39 is 41.7 Å². The van der Waals surface area contributed by atoms with E-state index in [-0.39, 0.29) is 30.1 Å². The molecule has 0 bridgehead atoms. The van der Waals surface area contributed by atoms with Crippen molar-refractivity contribution in [3.05, 3.63) is 82.6 Å². The topological polar surface area (TPSA) is 81.8 Å². The lowest BCUT2D eigenvalue weighted by Crippen LogP contribution is -2.47. The number of benzene rings is 2. The Kier molecular flexibility index (Phi) is 7.29. The van der Waals surface area contributed by atoms with Crippen LogP contribution >= 0.6 is 0 Å². The number of nitrogens with zero attached hydrogens (tertiary/aromatic N) is 2. The van der Waals surface area contributed by atoms with Gasteiger partial charge in [0.05, 0.1) is 29.4 Å². The Balaban J connectivity index is 1.80. The minimum absolute atomic E-state index is 0.0377. The number of nitrogens with one attached hydrogen (secondary N) is 2. The Morgan fingerprint density at radius 1 is 1.08 bits per heavy atom. The predicted molar refractivity (Wildman–Crippen MR) is 131 cm³/mol. The molecule has 2 heterocycles. The highest BCUT2D eigenvalue weighted by Crippen LogP contribution is 2.43. The molecule has 7 nitrogen and oxygen atoms in total. The molecule has 0 saturated carbocycles. The molecular weight excluding hydrogens is 485 g/mol. The van der Waals surface area contributed by atoms with Crippen LogP contribution in [0, 0.1) is 5.92 Å². The summed E-state index contributed by atoms with van der Waals surface area (Å²) in [6, 6.07) is 10.7. The lowest BCUT2D eigenvalue weighted by Gasteiger charge is -2.33. The van der Waals surface area contributed by atoms with Gasteiger partial charge in [-0.1, -0.05) is 62.4 Å². The number of halogens is 3. The van der Waals surface area contributed by atoms with Crippen molar-refractivity contribution in [1.29, 1.82) is 0 Å². The summed E-state index contributed by atoms with van der Waals surface area (Å²) < 4.78 is 41.6. The normalized spacial score (nSPS) is 18.7. The number of rotatable bonds is 7. The van der Waals surface area contributed by atoms with Gasteiger partial charge < -0.3 is 15.5 Å². The van der Waals surface area contributed by atoms with Crippen molar-refractivity contribution < 1.29 is 27.6 Å². The van der Waals surface area contributed by atoms with Crippen molar-refractivity contribution in [2.75, 3.05) is 19.6 Å². The third-order valence-corrected chi connectivity index (χ3v) is 6.50. The van der Waals surface area contributed by atoms with Crippen molar-refractivity contribution >= 4 is 17.8 Å². The van der Waals surface area contributed by atoms with E-state index in [9.17, 15) is 27.6 Å². The Labute approximate surface area is 213 Å². The van der Waals surface area contributed by atoms with Gasteiger partial charge in [-0.3, -0.25) is 14.5 Å². The summed E-state index contributed by atoms with van der Waals surface area (Å²) in [5.41, 5.74) is -0.252. The molecule has 2 aliphatic rings. The second-order valence-electron chi connectivity index (χ2n) is 9.46. The minimum atomic E-state index is -4.69. The summed E-state index contributed by atoms with van der Waals surface area (Å²) in [6.07, 6.45) is -4.69. The lowest BCUT2D eigenvalue weighted by atomic mass is 9.91. The van der Waals surface area contributed by atoms with Crippen LogP contribution in [0.3, 0.4) is 0 Å². The standard InChI is InChI=1S/C27H29F3N4O3/c1-4-33-20-15-34(23(17-10-6-5-7-11-17)24(35)31-14-16(2)3)25(36)21(20)22(32-26(33)37)18-12-8-9-13-19(18)27(28,29)30/h5-13,16,22-23H,4,14-15H2,1-3H3,(H,31,35)(H,32,37). The quantitative estimate of drug-likeness (QED) is 0.575. The van der Waals surface area contributed by atoms with Gasteiger partial charge in [0.15, 0.2) is 0 Å². The summed E-state index contributed by atoms with van der Waals surface area (Å²) in [5, 5.41) is 5.47. The molecule has 4 rings (SSSR count). The van der Waals surface area contributed by atoms with Gasteiger partial charge in [-0.25, -0.2) is 4.79 Å². The van der Waals surface area contributed by atoms with E-state index >= 15 is 0 Å². The highest BCUT2D eigenvalue weighted by atomic mass is 19.4. The number of likely N-dealkylation sites (N-methyl/N-ethyl adjacent to an activating group) is 1. The van der Waals surface area contributed by atoms with Gasteiger partial charge in [-0.2, -0.15) is 13.2 Å². The van der Waals surface area contributed by atoms with Gasteiger partial charge in [0.2, 0.25) is 5.91 Å². The lowest BCUT2D eigenvalue weighted by molar-refractivity contribution is -0.138. The molecule has 196 valence electrons. The molecule has 0 radical (unpaired) electrons. The maximum atomic E-state index is 13.9. The summed E-state index contributed by atoms with van der Waals surface area (Å²) >= 11 is 0. The predicted octanol–water partition coefficient (Wildman–Crippen LogP) is 4.40. The van der Waals surface area contributed by atoms with Crippen LogP contribution in [-0.4, -0.2) is 47.3 Å². The third kappa shape index (κ3) is 5.05. The average molecular weight is 515 g/mol. The zero-order valence-corrected chi connectivity index (χ0v) is 20.8. The van der Waals surface area contributed by atoms with Crippen molar-refractivity contribution in [2.24, 2.45) is 5.92 Å². The first-order valence-electron chi connectivity index (χ1n) is 12.1. The zero-order valence-electron chi connectivity index (χ0n) is 20.8. The molecule has 2 aromatic rings. The molecule has 2 aliphatic heterocycles.